The summed E-state index contributed by atoms with van der Waals surface area (Å²) < 4.78 is 0. The molecule has 0 aromatic rings. The van der Waals surface area contributed by atoms with Crippen LogP contribution in [0.1, 0.15) is 25.7 Å². The van der Waals surface area contributed by atoms with Crippen LogP contribution in [0.15, 0.2) is 10.2 Å². The summed E-state index contributed by atoms with van der Waals surface area (Å²) in [6.45, 7) is 0. The van der Waals surface area contributed by atoms with Crippen molar-refractivity contribution < 1.29 is 0 Å². The maximum absolute atomic E-state index is 4.20. The van der Waals surface area contributed by atoms with Gasteiger partial charge in [-0.15, -0.1) is 10.6 Å². The molecule has 0 saturated heterocycles. The van der Waals surface area contributed by atoms with Crippen molar-refractivity contribution in [2.24, 2.45) is 10.2 Å². The first kappa shape index (κ1) is 7.35. The summed E-state index contributed by atoms with van der Waals surface area (Å²) in [7, 11) is 0. The monoisotopic (exact) mass is 168 g/mol. The number of rotatable bonds is 1. The van der Waals surface area contributed by atoms with Crippen molar-refractivity contribution in [1.82, 2.24) is 21.9 Å². The Morgan fingerprint density at radius 2 is 2.17 bits per heavy atom. The Labute approximate surface area is 70.4 Å². The van der Waals surface area contributed by atoms with Gasteiger partial charge in [0.2, 0.25) is 0 Å². The molecule has 1 aliphatic heterocycles. The number of hydrazone groups is 2. The van der Waals surface area contributed by atoms with E-state index in [1.54, 1.807) is 0 Å². The highest BCUT2D eigenvalue weighted by Crippen LogP contribution is 2.13. The Kier molecular flexibility index (Phi) is 2.08. The Balaban J connectivity index is 1.83. The van der Waals surface area contributed by atoms with Crippen molar-refractivity contribution in [3.63, 3.8) is 0 Å². The van der Waals surface area contributed by atoms with Gasteiger partial charge >= 0.3 is 0 Å². The summed E-state index contributed by atoms with van der Waals surface area (Å²) in [5.41, 5.74) is 12.0. The molecule has 1 fully saturated rings. The van der Waals surface area contributed by atoms with Gasteiger partial charge in [-0.2, -0.15) is 5.10 Å². The van der Waals surface area contributed by atoms with Crippen molar-refractivity contribution >= 4 is 11.7 Å². The van der Waals surface area contributed by atoms with Gasteiger partial charge in [-0.1, -0.05) is 0 Å². The number of hydrazine groups is 2. The first-order chi connectivity index (χ1) is 5.95. The quantitative estimate of drug-likeness (QED) is 0.394. The lowest BCUT2D eigenvalue weighted by Gasteiger charge is -1.99. The van der Waals surface area contributed by atoms with Crippen LogP contribution in [0.3, 0.4) is 0 Å². The fourth-order valence-corrected chi connectivity index (χ4v) is 1.28. The average Bonchev–Trinajstić information content (AvgIpc) is 2.74. The van der Waals surface area contributed by atoms with E-state index in [-0.39, 0.29) is 0 Å². The van der Waals surface area contributed by atoms with Crippen molar-refractivity contribution in [2.75, 3.05) is 0 Å². The van der Waals surface area contributed by atoms with Gasteiger partial charge in [0.05, 0.1) is 0 Å². The van der Waals surface area contributed by atoms with Crippen molar-refractivity contribution in [1.29, 1.82) is 0 Å². The van der Waals surface area contributed by atoms with Crippen LogP contribution >= 0.6 is 0 Å². The van der Waals surface area contributed by atoms with E-state index in [0.29, 0.717) is 5.96 Å². The molecule has 0 amide bonds. The molecule has 0 radical (unpaired) electrons. The SMILES string of the molecule is C1CCC(=NNC2=NNNN2)C1. The van der Waals surface area contributed by atoms with Gasteiger partial charge in [0.25, 0.3) is 5.96 Å². The number of hydrogen-bond donors (Lipinski definition) is 4. The molecule has 0 aromatic heterocycles. The van der Waals surface area contributed by atoms with E-state index in [1.807, 2.05) is 0 Å². The molecule has 0 unspecified atom stereocenters. The molecule has 1 heterocycles. The van der Waals surface area contributed by atoms with Crippen LogP contribution in [0.4, 0.5) is 0 Å². The number of hydrogen-bond acceptors (Lipinski definition) is 6. The predicted molar refractivity (Wildman–Crippen MR) is 45.9 cm³/mol. The Morgan fingerprint density at radius 1 is 1.33 bits per heavy atom. The summed E-state index contributed by atoms with van der Waals surface area (Å²) in [6, 6.07) is 0. The maximum atomic E-state index is 4.20. The molecule has 4 N–H and O–H groups in total. The predicted octanol–water partition coefficient (Wildman–Crippen LogP) is -0.611. The second-order valence-corrected chi connectivity index (χ2v) is 2.82. The molecule has 2 aliphatic rings. The van der Waals surface area contributed by atoms with E-state index in [4.69, 9.17) is 0 Å². The van der Waals surface area contributed by atoms with Crippen LogP contribution in [-0.2, 0) is 0 Å². The van der Waals surface area contributed by atoms with E-state index >= 15 is 0 Å². The van der Waals surface area contributed by atoms with Crippen molar-refractivity contribution in [2.45, 2.75) is 25.7 Å². The first-order valence-corrected chi connectivity index (χ1v) is 4.10. The van der Waals surface area contributed by atoms with Crippen LogP contribution in [0.25, 0.3) is 0 Å². The van der Waals surface area contributed by atoms with E-state index in [0.717, 1.165) is 12.8 Å². The van der Waals surface area contributed by atoms with E-state index in [1.165, 1.54) is 18.6 Å². The highest BCUT2D eigenvalue weighted by molar-refractivity contribution is 5.88. The molecular weight excluding hydrogens is 156 g/mol. The Morgan fingerprint density at radius 3 is 2.83 bits per heavy atom. The maximum Gasteiger partial charge on any atom is 0.251 e. The molecule has 6 heteroatoms. The molecule has 0 bridgehead atoms. The molecule has 2 rings (SSSR count). The van der Waals surface area contributed by atoms with Crippen LogP contribution in [0.2, 0.25) is 0 Å². The highest BCUT2D eigenvalue weighted by Gasteiger charge is 2.08. The standard InChI is InChI=1S/C6H12N6/c1-2-4-5(3-1)7-8-6-9-11-12-10-6/h11-12H,1-4H2,(H2,8,9,10). The normalized spacial score (nSPS) is 21.3. The van der Waals surface area contributed by atoms with Crippen molar-refractivity contribution in [3.05, 3.63) is 0 Å². The Hall–Kier alpha value is -1.30. The lowest BCUT2D eigenvalue weighted by Crippen LogP contribution is -2.39. The minimum Gasteiger partial charge on any atom is -0.270 e. The van der Waals surface area contributed by atoms with Gasteiger partial charge in [-0.05, 0) is 25.7 Å². The fraction of sp³-hybridized carbons (Fsp3) is 0.667. The largest absolute Gasteiger partial charge is 0.270 e. The first-order valence-electron chi connectivity index (χ1n) is 4.10. The molecule has 1 saturated carbocycles. The topological polar surface area (TPSA) is 72.8 Å². The van der Waals surface area contributed by atoms with Gasteiger partial charge in [-0.25, -0.2) is 11.0 Å². The molecule has 1 aliphatic carbocycles. The number of guanidine groups is 1. The minimum absolute atomic E-state index is 0.606. The molecule has 12 heavy (non-hydrogen) atoms. The van der Waals surface area contributed by atoms with Gasteiger partial charge in [0, 0.05) is 5.71 Å². The van der Waals surface area contributed by atoms with Crippen LogP contribution in [0, 0.1) is 0 Å². The highest BCUT2D eigenvalue weighted by atomic mass is 15.8. The lowest BCUT2D eigenvalue weighted by molar-refractivity contribution is 0.575. The summed E-state index contributed by atoms with van der Waals surface area (Å²) in [4.78, 5) is 0. The molecule has 6 nitrogen and oxygen atoms in total. The molecule has 0 atom stereocenters. The van der Waals surface area contributed by atoms with Gasteiger partial charge in [-0.3, -0.25) is 5.43 Å². The second kappa shape index (κ2) is 3.40. The van der Waals surface area contributed by atoms with Crippen LogP contribution in [-0.4, -0.2) is 11.7 Å². The van der Waals surface area contributed by atoms with E-state index < -0.39 is 0 Å². The van der Waals surface area contributed by atoms with E-state index in [9.17, 15) is 0 Å². The smallest absolute Gasteiger partial charge is 0.251 e. The van der Waals surface area contributed by atoms with Crippen LogP contribution in [0.5, 0.6) is 0 Å². The zero-order valence-electron chi connectivity index (χ0n) is 6.72. The lowest BCUT2D eigenvalue weighted by atomic mass is 10.3. The summed E-state index contributed by atoms with van der Waals surface area (Å²) in [5.74, 6) is 0.606. The third-order valence-corrected chi connectivity index (χ3v) is 1.91. The molecule has 0 aromatic carbocycles. The third-order valence-electron chi connectivity index (χ3n) is 1.91. The zero-order valence-corrected chi connectivity index (χ0v) is 6.72. The van der Waals surface area contributed by atoms with Gasteiger partial charge in [0.1, 0.15) is 0 Å². The third kappa shape index (κ3) is 1.65. The van der Waals surface area contributed by atoms with Crippen molar-refractivity contribution in [3.8, 4) is 0 Å². The van der Waals surface area contributed by atoms with Gasteiger partial charge in [0.15, 0.2) is 0 Å². The van der Waals surface area contributed by atoms with Crippen LogP contribution < -0.4 is 21.9 Å². The summed E-state index contributed by atoms with van der Waals surface area (Å²) in [5, 5.41) is 8.02. The molecule has 66 valence electrons. The fourth-order valence-electron chi connectivity index (χ4n) is 1.28. The number of nitrogens with zero attached hydrogens (tertiary/aromatic N) is 2. The van der Waals surface area contributed by atoms with E-state index in [2.05, 4.69) is 32.1 Å². The van der Waals surface area contributed by atoms with Gasteiger partial charge < -0.3 is 0 Å². The number of nitrogens with one attached hydrogen (secondary N) is 4. The minimum atomic E-state index is 0.606. The summed E-state index contributed by atoms with van der Waals surface area (Å²) >= 11 is 0. The second-order valence-electron chi connectivity index (χ2n) is 2.82. The zero-order chi connectivity index (χ0) is 8.23. The average molecular weight is 168 g/mol. The Bertz CT molecular complexity index is 212. The molecule has 0 spiro atoms. The summed E-state index contributed by atoms with van der Waals surface area (Å²) in [6.07, 6.45) is 4.75. The molecular formula is C6H12N6.